The van der Waals surface area contributed by atoms with E-state index >= 15 is 0 Å². The maximum atomic E-state index is 12.1. The molecule has 2 N–H and O–H groups in total. The number of carbonyl (C=O) groups excluding carboxylic acids is 1. The van der Waals surface area contributed by atoms with Crippen molar-refractivity contribution in [2.24, 2.45) is 0 Å². The fraction of sp³-hybridized carbons (Fsp3) is 0.235. The molecule has 3 nitrogen and oxygen atoms in total. The number of hydrogen-bond acceptors (Lipinski definition) is 2. The molecule has 0 aromatic heterocycles. The molecule has 4 heteroatoms. The smallest absolute Gasteiger partial charge is 0.319 e. The van der Waals surface area contributed by atoms with Crippen LogP contribution in [0.2, 0.25) is 0 Å². The van der Waals surface area contributed by atoms with E-state index in [1.807, 2.05) is 36.6 Å². The zero-order valence-electron chi connectivity index (χ0n) is 11.9. The summed E-state index contributed by atoms with van der Waals surface area (Å²) in [5.74, 6) is 0. The number of aryl methyl sites for hydroxylation is 1. The van der Waals surface area contributed by atoms with E-state index < -0.39 is 0 Å². The Morgan fingerprint density at radius 1 is 1.19 bits per heavy atom. The third-order valence-electron chi connectivity index (χ3n) is 3.77. The monoisotopic (exact) mass is 298 g/mol. The minimum absolute atomic E-state index is 0.116. The Morgan fingerprint density at radius 2 is 2.05 bits per heavy atom. The molecular weight excluding hydrogens is 280 g/mol. The molecule has 0 heterocycles. The number of amides is 2. The molecule has 0 saturated carbocycles. The molecular formula is C17H18N2OS. The third kappa shape index (κ3) is 3.22. The lowest BCUT2D eigenvalue weighted by Crippen LogP contribution is -2.31. The molecule has 0 spiro atoms. The van der Waals surface area contributed by atoms with E-state index in [0.29, 0.717) is 0 Å². The predicted molar refractivity (Wildman–Crippen MR) is 87.9 cm³/mol. The Balaban J connectivity index is 1.65. The first-order valence-electron chi connectivity index (χ1n) is 7.05. The lowest BCUT2D eigenvalue weighted by Gasteiger charge is -2.15. The van der Waals surface area contributed by atoms with Gasteiger partial charge in [-0.05, 0) is 48.4 Å². The number of fused-ring (bicyclic) bond motifs is 1. The molecule has 2 amide bonds. The summed E-state index contributed by atoms with van der Waals surface area (Å²) in [6.07, 6.45) is 4.02. The van der Waals surface area contributed by atoms with E-state index in [-0.39, 0.29) is 12.1 Å². The second-order valence-corrected chi connectivity index (χ2v) is 6.00. The SMILES string of the molecule is CSc1cccc(NC(=O)NC2CCc3ccccc32)c1. The molecule has 0 aliphatic heterocycles. The van der Waals surface area contributed by atoms with Gasteiger partial charge in [0.05, 0.1) is 6.04 Å². The predicted octanol–water partition coefficient (Wildman–Crippen LogP) is 4.22. The minimum Gasteiger partial charge on any atom is -0.331 e. The summed E-state index contributed by atoms with van der Waals surface area (Å²) < 4.78 is 0. The van der Waals surface area contributed by atoms with Crippen LogP contribution in [0.1, 0.15) is 23.6 Å². The summed E-state index contributed by atoms with van der Waals surface area (Å²) in [7, 11) is 0. The zero-order chi connectivity index (χ0) is 14.7. The van der Waals surface area contributed by atoms with Crippen molar-refractivity contribution in [3.8, 4) is 0 Å². The molecule has 2 aromatic rings. The van der Waals surface area contributed by atoms with Crippen molar-refractivity contribution in [3.63, 3.8) is 0 Å². The van der Waals surface area contributed by atoms with Crippen molar-refractivity contribution in [3.05, 3.63) is 59.7 Å². The highest BCUT2D eigenvalue weighted by Crippen LogP contribution is 2.30. The second kappa shape index (κ2) is 6.22. The van der Waals surface area contributed by atoms with E-state index in [4.69, 9.17) is 0 Å². The van der Waals surface area contributed by atoms with E-state index in [1.165, 1.54) is 11.1 Å². The van der Waals surface area contributed by atoms with Crippen LogP contribution in [-0.2, 0) is 6.42 Å². The topological polar surface area (TPSA) is 41.1 Å². The van der Waals surface area contributed by atoms with Crippen LogP contribution < -0.4 is 10.6 Å². The van der Waals surface area contributed by atoms with Gasteiger partial charge in [-0.3, -0.25) is 0 Å². The molecule has 0 radical (unpaired) electrons. The Labute approximate surface area is 129 Å². The van der Waals surface area contributed by atoms with Gasteiger partial charge in [0.25, 0.3) is 0 Å². The molecule has 1 aliphatic rings. The van der Waals surface area contributed by atoms with Crippen LogP contribution in [0.4, 0.5) is 10.5 Å². The van der Waals surface area contributed by atoms with Gasteiger partial charge in [-0.25, -0.2) is 4.79 Å². The summed E-state index contributed by atoms with van der Waals surface area (Å²) in [6, 6.07) is 16.1. The summed E-state index contributed by atoms with van der Waals surface area (Å²) >= 11 is 1.66. The van der Waals surface area contributed by atoms with Crippen LogP contribution in [0.15, 0.2) is 53.4 Å². The maximum Gasteiger partial charge on any atom is 0.319 e. The highest BCUT2D eigenvalue weighted by Gasteiger charge is 2.23. The second-order valence-electron chi connectivity index (χ2n) is 5.12. The summed E-state index contributed by atoms with van der Waals surface area (Å²) in [5.41, 5.74) is 3.41. The van der Waals surface area contributed by atoms with Gasteiger partial charge in [0.2, 0.25) is 0 Å². The molecule has 1 aliphatic carbocycles. The maximum absolute atomic E-state index is 12.1. The average molecular weight is 298 g/mol. The Kier molecular flexibility index (Phi) is 4.15. The molecule has 0 fully saturated rings. The lowest BCUT2D eigenvalue weighted by molar-refractivity contribution is 0.248. The molecule has 108 valence electrons. The van der Waals surface area contributed by atoms with Crippen molar-refractivity contribution < 1.29 is 4.79 Å². The Hall–Kier alpha value is -1.94. The third-order valence-corrected chi connectivity index (χ3v) is 4.49. The van der Waals surface area contributed by atoms with Crippen LogP contribution in [0.25, 0.3) is 0 Å². The molecule has 21 heavy (non-hydrogen) atoms. The van der Waals surface area contributed by atoms with Crippen LogP contribution in [0.3, 0.4) is 0 Å². The normalized spacial score (nSPS) is 16.3. The lowest BCUT2D eigenvalue weighted by atomic mass is 10.1. The molecule has 0 bridgehead atoms. The van der Waals surface area contributed by atoms with E-state index in [1.54, 1.807) is 11.8 Å². The van der Waals surface area contributed by atoms with E-state index in [9.17, 15) is 4.79 Å². The van der Waals surface area contributed by atoms with E-state index in [0.717, 1.165) is 23.4 Å². The summed E-state index contributed by atoms with van der Waals surface area (Å²) in [5, 5.41) is 5.98. The van der Waals surface area contributed by atoms with Crippen molar-refractivity contribution in [1.29, 1.82) is 0 Å². The first kappa shape index (κ1) is 14.0. The summed E-state index contributed by atoms with van der Waals surface area (Å²) in [4.78, 5) is 13.3. The quantitative estimate of drug-likeness (QED) is 0.833. The first-order valence-corrected chi connectivity index (χ1v) is 8.28. The number of hydrogen-bond donors (Lipinski definition) is 2. The van der Waals surface area contributed by atoms with Gasteiger partial charge in [0.15, 0.2) is 0 Å². The Bertz CT molecular complexity index is 657. The van der Waals surface area contributed by atoms with Gasteiger partial charge < -0.3 is 10.6 Å². The fourth-order valence-corrected chi connectivity index (χ4v) is 3.19. The average Bonchev–Trinajstić information content (AvgIpc) is 2.91. The summed E-state index contributed by atoms with van der Waals surface area (Å²) in [6.45, 7) is 0. The number of thioether (sulfide) groups is 1. The molecule has 1 atom stereocenters. The van der Waals surface area contributed by atoms with Crippen molar-refractivity contribution in [2.45, 2.75) is 23.8 Å². The van der Waals surface area contributed by atoms with Crippen LogP contribution in [0, 0.1) is 0 Å². The molecule has 1 unspecified atom stereocenters. The van der Waals surface area contributed by atoms with Crippen molar-refractivity contribution >= 4 is 23.5 Å². The van der Waals surface area contributed by atoms with Gasteiger partial charge in [-0.2, -0.15) is 0 Å². The van der Waals surface area contributed by atoms with Crippen molar-refractivity contribution in [1.82, 2.24) is 5.32 Å². The standard InChI is InChI=1S/C17H18N2OS/c1-21-14-7-4-6-13(11-14)18-17(20)19-16-10-9-12-5-2-3-8-15(12)16/h2-8,11,16H,9-10H2,1H3,(H2,18,19,20). The van der Waals surface area contributed by atoms with Gasteiger partial charge >= 0.3 is 6.03 Å². The molecule has 2 aromatic carbocycles. The highest BCUT2D eigenvalue weighted by molar-refractivity contribution is 7.98. The van der Waals surface area contributed by atoms with Gasteiger partial charge in [0.1, 0.15) is 0 Å². The highest BCUT2D eigenvalue weighted by atomic mass is 32.2. The van der Waals surface area contributed by atoms with E-state index in [2.05, 4.69) is 28.8 Å². The van der Waals surface area contributed by atoms with Crippen LogP contribution in [0.5, 0.6) is 0 Å². The zero-order valence-corrected chi connectivity index (χ0v) is 12.7. The number of benzene rings is 2. The number of rotatable bonds is 3. The van der Waals surface area contributed by atoms with Gasteiger partial charge in [-0.15, -0.1) is 11.8 Å². The number of nitrogens with one attached hydrogen (secondary N) is 2. The number of anilines is 1. The fourth-order valence-electron chi connectivity index (χ4n) is 2.73. The number of urea groups is 1. The Morgan fingerprint density at radius 3 is 2.90 bits per heavy atom. The first-order chi connectivity index (χ1) is 10.3. The number of carbonyl (C=O) groups is 1. The molecule has 0 saturated heterocycles. The minimum atomic E-state index is -0.144. The van der Waals surface area contributed by atoms with Gasteiger partial charge in [0, 0.05) is 10.6 Å². The largest absolute Gasteiger partial charge is 0.331 e. The van der Waals surface area contributed by atoms with Gasteiger partial charge in [-0.1, -0.05) is 30.3 Å². The van der Waals surface area contributed by atoms with Crippen molar-refractivity contribution in [2.75, 3.05) is 11.6 Å². The molecule has 3 rings (SSSR count). The van der Waals surface area contributed by atoms with Crippen LogP contribution in [-0.4, -0.2) is 12.3 Å². The van der Waals surface area contributed by atoms with Crippen LogP contribution >= 0.6 is 11.8 Å².